The third kappa shape index (κ3) is 17.6. The Morgan fingerprint density at radius 2 is 0.860 bits per heavy atom. The van der Waals surface area contributed by atoms with Crippen LogP contribution in [0.2, 0.25) is 0 Å². The Balaban J connectivity index is 2.02. The minimum Gasteiger partial charge on any atom is -0.395 e. The average molecular weight is 663 g/mol. The van der Waals surface area contributed by atoms with Gasteiger partial charge in [0.15, 0.2) is 0 Å². The van der Waals surface area contributed by atoms with E-state index in [2.05, 4.69) is 22.5 Å². The first kappa shape index (κ1) is 37.7. The van der Waals surface area contributed by atoms with Crippen molar-refractivity contribution in [3.05, 3.63) is 59.7 Å². The van der Waals surface area contributed by atoms with Gasteiger partial charge >= 0.3 is 23.5 Å². The fraction of sp³-hybridized carbons (Fsp3) is 0.600. The summed E-state index contributed by atoms with van der Waals surface area (Å²) in [4.78, 5) is 27.9. The monoisotopic (exact) mass is 662 g/mol. The van der Waals surface area contributed by atoms with Crippen molar-refractivity contribution < 1.29 is 46.0 Å². The second kappa shape index (κ2) is 19.8. The van der Waals surface area contributed by atoms with Crippen molar-refractivity contribution in [3.8, 4) is 11.5 Å². The molecule has 0 aliphatic heterocycles. The highest BCUT2D eigenvalue weighted by Crippen LogP contribution is 2.67. The number of rotatable bonds is 24. The minimum absolute atomic E-state index is 0.0124. The lowest BCUT2D eigenvalue weighted by Crippen LogP contribution is -2.05. The fourth-order valence-corrected chi connectivity index (χ4v) is 8.13. The average Bonchev–Trinajstić information content (AvgIpc) is 2.92. The summed E-state index contributed by atoms with van der Waals surface area (Å²) in [6, 6.07) is 13.2. The van der Waals surface area contributed by atoms with Crippen LogP contribution in [0.15, 0.2) is 48.5 Å². The number of phosphoric acid groups is 3. The predicted octanol–water partition coefficient (Wildman–Crippen LogP) is 10.1. The predicted molar refractivity (Wildman–Crippen MR) is 169 cm³/mol. The van der Waals surface area contributed by atoms with Crippen molar-refractivity contribution in [3.63, 3.8) is 0 Å². The second-order valence-electron chi connectivity index (χ2n) is 10.8. The van der Waals surface area contributed by atoms with Gasteiger partial charge in [0.05, 0.1) is 0 Å². The molecule has 3 N–H and O–H groups in total. The number of unbranched alkanes of at least 4 members (excludes halogenated alkanes) is 12. The summed E-state index contributed by atoms with van der Waals surface area (Å²) in [6.45, 7) is 4.39. The zero-order chi connectivity index (χ0) is 31.6. The van der Waals surface area contributed by atoms with E-state index >= 15 is 0 Å². The molecule has 0 fully saturated rings. The number of aryl methyl sites for hydroxylation is 2. The Labute approximate surface area is 257 Å². The Morgan fingerprint density at radius 1 is 0.512 bits per heavy atom. The van der Waals surface area contributed by atoms with Gasteiger partial charge in [-0.1, -0.05) is 115 Å². The summed E-state index contributed by atoms with van der Waals surface area (Å²) in [5, 5.41) is 0. The van der Waals surface area contributed by atoms with Crippen LogP contribution in [0.3, 0.4) is 0 Å². The van der Waals surface area contributed by atoms with Crippen molar-refractivity contribution in [1.29, 1.82) is 0 Å². The Kier molecular flexibility index (Phi) is 17.4. The van der Waals surface area contributed by atoms with Gasteiger partial charge in [0.2, 0.25) is 0 Å². The summed E-state index contributed by atoms with van der Waals surface area (Å²) in [6.07, 6.45) is 18.4. The molecule has 0 bridgehead atoms. The molecule has 2 aromatic rings. The second-order valence-corrected chi connectivity index (χ2v) is 15.3. The van der Waals surface area contributed by atoms with Crippen molar-refractivity contribution in [2.45, 2.75) is 117 Å². The van der Waals surface area contributed by atoms with E-state index in [-0.39, 0.29) is 11.5 Å². The van der Waals surface area contributed by atoms with Crippen LogP contribution in [0.4, 0.5) is 0 Å². The van der Waals surface area contributed by atoms with E-state index in [1.54, 1.807) is 24.3 Å². The van der Waals surface area contributed by atoms with Crippen molar-refractivity contribution in [1.82, 2.24) is 0 Å². The Hall–Kier alpha value is -1.47. The summed E-state index contributed by atoms with van der Waals surface area (Å²) in [5.74, 6) is 0.0248. The molecule has 10 nitrogen and oxygen atoms in total. The number of benzene rings is 2. The van der Waals surface area contributed by atoms with Crippen molar-refractivity contribution in [2.24, 2.45) is 0 Å². The molecule has 13 heteroatoms. The molecular weight excluding hydrogens is 613 g/mol. The van der Waals surface area contributed by atoms with Crippen LogP contribution in [-0.4, -0.2) is 14.7 Å². The first-order valence-corrected chi connectivity index (χ1v) is 19.9. The number of hydrogen-bond acceptors (Lipinski definition) is 7. The molecule has 244 valence electrons. The first-order chi connectivity index (χ1) is 20.4. The van der Waals surface area contributed by atoms with Gasteiger partial charge < -0.3 is 23.7 Å². The van der Waals surface area contributed by atoms with Gasteiger partial charge in [-0.15, -0.1) is 0 Å². The van der Waals surface area contributed by atoms with E-state index < -0.39 is 23.5 Å². The minimum atomic E-state index is -5.56. The van der Waals surface area contributed by atoms with Crippen LogP contribution in [0.5, 0.6) is 11.5 Å². The summed E-state index contributed by atoms with van der Waals surface area (Å²) in [7, 11) is -16.0. The molecule has 0 amide bonds. The molecule has 0 aliphatic rings. The lowest BCUT2D eigenvalue weighted by atomic mass is 10.0. The van der Waals surface area contributed by atoms with Crippen LogP contribution in [-0.2, 0) is 35.2 Å². The van der Waals surface area contributed by atoms with Crippen LogP contribution >= 0.6 is 23.5 Å². The molecule has 0 saturated heterocycles. The lowest BCUT2D eigenvalue weighted by Gasteiger charge is -2.21. The molecule has 0 radical (unpaired) electrons. The summed E-state index contributed by atoms with van der Waals surface area (Å²) < 4.78 is 56.2. The molecule has 0 saturated carbocycles. The van der Waals surface area contributed by atoms with Gasteiger partial charge in [-0.2, -0.15) is 8.62 Å². The van der Waals surface area contributed by atoms with Gasteiger partial charge in [0.1, 0.15) is 11.5 Å². The summed E-state index contributed by atoms with van der Waals surface area (Å²) in [5.41, 5.74) is 2.07. The van der Waals surface area contributed by atoms with Gasteiger partial charge in [-0.3, -0.25) is 0 Å². The van der Waals surface area contributed by atoms with Gasteiger partial charge in [0.25, 0.3) is 0 Å². The van der Waals surface area contributed by atoms with Crippen LogP contribution in [0.1, 0.15) is 115 Å². The van der Waals surface area contributed by atoms with Gasteiger partial charge in [0, 0.05) is 0 Å². The van der Waals surface area contributed by atoms with E-state index in [9.17, 15) is 18.6 Å². The first-order valence-electron chi connectivity index (χ1n) is 15.4. The Morgan fingerprint density at radius 3 is 1.21 bits per heavy atom. The summed E-state index contributed by atoms with van der Waals surface area (Å²) >= 11 is 0. The third-order valence-electron chi connectivity index (χ3n) is 6.83. The number of hydrogen-bond donors (Lipinski definition) is 3. The highest BCUT2D eigenvalue weighted by atomic mass is 31.3. The molecule has 2 aromatic carbocycles. The highest BCUT2D eigenvalue weighted by Gasteiger charge is 2.45. The van der Waals surface area contributed by atoms with E-state index in [4.69, 9.17) is 18.8 Å². The lowest BCUT2D eigenvalue weighted by molar-refractivity contribution is 0.209. The molecular formula is C30H49O10P3. The maximum Gasteiger partial charge on any atom is 0.596 e. The van der Waals surface area contributed by atoms with Crippen molar-refractivity contribution in [2.75, 3.05) is 0 Å². The maximum atomic E-state index is 13.5. The van der Waals surface area contributed by atoms with Crippen molar-refractivity contribution >= 4 is 23.5 Å². The molecule has 0 aliphatic carbocycles. The molecule has 43 heavy (non-hydrogen) atoms. The fourth-order valence-electron chi connectivity index (χ4n) is 4.59. The largest absolute Gasteiger partial charge is 0.596 e. The SMILES string of the molecule is CCCCCCCCCc1ccc(OP(=O)(Oc2ccc(CCCCCCCCC)cc2)OP(=O)(O)OP(=O)(O)O)cc1. The maximum absolute atomic E-state index is 13.5. The zero-order valence-corrected chi connectivity index (χ0v) is 28.2. The third-order valence-corrected chi connectivity index (χ3v) is 11.0. The van der Waals surface area contributed by atoms with Crippen LogP contribution in [0.25, 0.3) is 0 Å². The molecule has 0 aromatic heterocycles. The van der Waals surface area contributed by atoms with Gasteiger partial charge in [-0.25, -0.2) is 13.7 Å². The smallest absolute Gasteiger partial charge is 0.395 e. The number of phosphoric ester groups is 1. The topological polar surface area (TPSA) is 149 Å². The molecule has 0 heterocycles. The normalized spacial score (nSPS) is 13.5. The zero-order valence-electron chi connectivity index (χ0n) is 25.5. The molecule has 2 rings (SSSR count). The standard InChI is InChI=1S/C30H49O10P3/c1-3-5-7-9-11-13-15-17-27-19-23-29(24-20-27)37-43(36,40-42(34,35)39-41(31,32)33)38-30-25-21-28(22-26-30)18-16-14-12-10-8-6-4-2/h19-26H,3-18H2,1-2H3,(H,34,35)(H2,31,32,33). The van der Waals surface area contributed by atoms with Crippen LogP contribution < -0.4 is 9.05 Å². The highest BCUT2D eigenvalue weighted by molar-refractivity contribution is 7.67. The Bertz CT molecular complexity index is 1110. The van der Waals surface area contributed by atoms with E-state index in [0.29, 0.717) is 0 Å². The van der Waals surface area contributed by atoms with E-state index in [1.807, 2.05) is 0 Å². The molecule has 1 atom stereocenters. The van der Waals surface area contributed by atoms with Crippen LogP contribution in [0, 0.1) is 0 Å². The van der Waals surface area contributed by atoms with Gasteiger partial charge in [-0.05, 0) is 61.1 Å². The molecule has 0 spiro atoms. The quantitative estimate of drug-likeness (QED) is 0.0732. The molecule has 1 unspecified atom stereocenters. The van der Waals surface area contributed by atoms with E-state index in [1.165, 1.54) is 88.5 Å². The van der Waals surface area contributed by atoms with E-state index in [0.717, 1.165) is 49.7 Å².